The lowest BCUT2D eigenvalue weighted by molar-refractivity contribution is -0.151. The molecular weight excluding hydrogens is 444 g/mol. The first-order valence-corrected chi connectivity index (χ1v) is 12.6. The Bertz CT molecular complexity index is 1060. The van der Waals surface area contributed by atoms with Crippen molar-refractivity contribution in [3.63, 3.8) is 0 Å². The summed E-state index contributed by atoms with van der Waals surface area (Å²) in [5.41, 5.74) is 4.74. The van der Waals surface area contributed by atoms with Gasteiger partial charge in [0.1, 0.15) is 12.6 Å². The number of carbonyl (C=O) groups is 3. The second kappa shape index (κ2) is 10.1. The van der Waals surface area contributed by atoms with Crippen molar-refractivity contribution in [2.24, 2.45) is 5.92 Å². The van der Waals surface area contributed by atoms with Gasteiger partial charge >= 0.3 is 12.1 Å². The van der Waals surface area contributed by atoms with E-state index in [2.05, 4.69) is 29.6 Å². The SMILES string of the molecule is O=C(NC1CC(CC(=O)N2CCCCCC2C(=O)O)C1)OCC1c2ccccc2-c2ccccc21. The first kappa shape index (κ1) is 23.4. The average Bonchev–Trinajstić information content (AvgIpc) is 2.96. The number of nitrogens with zero attached hydrogens (tertiary/aromatic N) is 1. The lowest BCUT2D eigenvalue weighted by Gasteiger charge is -2.37. The van der Waals surface area contributed by atoms with E-state index in [1.165, 1.54) is 22.3 Å². The molecule has 1 saturated heterocycles. The highest BCUT2D eigenvalue weighted by molar-refractivity contribution is 5.84. The lowest BCUT2D eigenvalue weighted by Crippen LogP contribution is -2.48. The summed E-state index contributed by atoms with van der Waals surface area (Å²) in [5, 5.41) is 12.4. The van der Waals surface area contributed by atoms with Crippen molar-refractivity contribution in [2.75, 3.05) is 13.2 Å². The lowest BCUT2D eigenvalue weighted by atomic mass is 9.78. The first-order chi connectivity index (χ1) is 17.0. The van der Waals surface area contributed by atoms with E-state index in [1.807, 2.05) is 24.3 Å². The van der Waals surface area contributed by atoms with Gasteiger partial charge in [-0.2, -0.15) is 0 Å². The third-order valence-corrected chi connectivity index (χ3v) is 7.72. The number of nitrogens with one attached hydrogen (secondary N) is 1. The number of aliphatic carboxylic acids is 1. The van der Waals surface area contributed by atoms with Gasteiger partial charge in [-0.05, 0) is 53.9 Å². The Morgan fingerprint density at radius 2 is 1.60 bits per heavy atom. The van der Waals surface area contributed by atoms with E-state index in [-0.39, 0.29) is 30.4 Å². The van der Waals surface area contributed by atoms with Crippen molar-refractivity contribution in [1.82, 2.24) is 10.2 Å². The van der Waals surface area contributed by atoms with Crippen LogP contribution in [0, 0.1) is 5.92 Å². The van der Waals surface area contributed by atoms with Gasteiger partial charge in [0.05, 0.1) is 0 Å². The summed E-state index contributed by atoms with van der Waals surface area (Å²) in [7, 11) is 0. The van der Waals surface area contributed by atoms with Crippen molar-refractivity contribution in [3.05, 3.63) is 59.7 Å². The molecule has 1 atom stereocenters. The predicted octanol–water partition coefficient (Wildman–Crippen LogP) is 4.55. The van der Waals surface area contributed by atoms with Gasteiger partial charge in [-0.15, -0.1) is 0 Å². The van der Waals surface area contributed by atoms with E-state index in [9.17, 15) is 19.5 Å². The number of fused-ring (bicyclic) bond motifs is 3. The fourth-order valence-corrected chi connectivity index (χ4v) is 5.85. The molecule has 0 radical (unpaired) electrons. The van der Waals surface area contributed by atoms with Crippen LogP contribution in [0.15, 0.2) is 48.5 Å². The van der Waals surface area contributed by atoms with Gasteiger partial charge in [0.15, 0.2) is 0 Å². The van der Waals surface area contributed by atoms with Crippen LogP contribution in [-0.4, -0.2) is 53.2 Å². The van der Waals surface area contributed by atoms with Crippen LogP contribution in [0.3, 0.4) is 0 Å². The summed E-state index contributed by atoms with van der Waals surface area (Å²) >= 11 is 0. The fraction of sp³-hybridized carbons (Fsp3) is 0.464. The van der Waals surface area contributed by atoms with Crippen LogP contribution < -0.4 is 5.32 Å². The Morgan fingerprint density at radius 3 is 2.26 bits per heavy atom. The number of benzene rings is 2. The molecule has 2 aliphatic carbocycles. The Balaban J connectivity index is 1.09. The minimum Gasteiger partial charge on any atom is -0.480 e. The number of ether oxygens (including phenoxy) is 1. The summed E-state index contributed by atoms with van der Waals surface area (Å²) < 4.78 is 5.62. The van der Waals surface area contributed by atoms with Gasteiger partial charge < -0.3 is 20.1 Å². The van der Waals surface area contributed by atoms with Crippen LogP contribution in [0.2, 0.25) is 0 Å². The summed E-state index contributed by atoms with van der Waals surface area (Å²) in [5.74, 6) is -0.803. The molecule has 35 heavy (non-hydrogen) atoms. The largest absolute Gasteiger partial charge is 0.480 e. The van der Waals surface area contributed by atoms with Gasteiger partial charge in [0.2, 0.25) is 5.91 Å². The molecule has 184 valence electrons. The summed E-state index contributed by atoms with van der Waals surface area (Å²) in [6.07, 6.45) is 4.51. The normalized spacial score (nSPS) is 23.4. The molecule has 0 bridgehead atoms. The van der Waals surface area contributed by atoms with E-state index in [1.54, 1.807) is 4.90 Å². The van der Waals surface area contributed by atoms with Gasteiger partial charge in [0, 0.05) is 24.9 Å². The van der Waals surface area contributed by atoms with Crippen LogP contribution in [0.25, 0.3) is 11.1 Å². The van der Waals surface area contributed by atoms with Crippen molar-refractivity contribution in [3.8, 4) is 11.1 Å². The third kappa shape index (κ3) is 4.90. The molecule has 2 amide bonds. The van der Waals surface area contributed by atoms with E-state index >= 15 is 0 Å². The molecule has 1 saturated carbocycles. The predicted molar refractivity (Wildman–Crippen MR) is 131 cm³/mol. The van der Waals surface area contributed by atoms with Crippen LogP contribution in [0.1, 0.15) is 62.0 Å². The highest BCUT2D eigenvalue weighted by atomic mass is 16.5. The average molecular weight is 477 g/mol. The number of alkyl carbamates (subject to hydrolysis) is 1. The first-order valence-electron chi connectivity index (χ1n) is 12.6. The molecule has 2 aromatic carbocycles. The maximum atomic E-state index is 12.8. The van der Waals surface area contributed by atoms with Gasteiger partial charge in [-0.25, -0.2) is 9.59 Å². The zero-order valence-electron chi connectivity index (χ0n) is 19.8. The highest BCUT2D eigenvalue weighted by Crippen LogP contribution is 2.44. The fourth-order valence-electron chi connectivity index (χ4n) is 5.85. The molecule has 2 fully saturated rings. The smallest absolute Gasteiger partial charge is 0.407 e. The number of carbonyl (C=O) groups excluding carboxylic acids is 2. The Hall–Kier alpha value is -3.35. The third-order valence-electron chi connectivity index (χ3n) is 7.72. The molecule has 1 aliphatic heterocycles. The van der Waals surface area contributed by atoms with Crippen LogP contribution in [-0.2, 0) is 14.3 Å². The van der Waals surface area contributed by atoms with Crippen molar-refractivity contribution in [2.45, 2.75) is 62.9 Å². The number of hydrogen-bond acceptors (Lipinski definition) is 4. The molecule has 1 heterocycles. The molecule has 5 rings (SSSR count). The van der Waals surface area contributed by atoms with Gasteiger partial charge in [-0.3, -0.25) is 4.79 Å². The summed E-state index contributed by atoms with van der Waals surface area (Å²) in [6.45, 7) is 0.796. The van der Waals surface area contributed by atoms with Crippen LogP contribution in [0.5, 0.6) is 0 Å². The summed E-state index contributed by atoms with van der Waals surface area (Å²) in [4.78, 5) is 38.4. The second-order valence-electron chi connectivity index (χ2n) is 10.00. The quantitative estimate of drug-likeness (QED) is 0.638. The molecule has 2 aromatic rings. The van der Waals surface area contributed by atoms with Crippen LogP contribution in [0.4, 0.5) is 4.79 Å². The number of carboxylic acid groups (broad SMARTS) is 1. The summed E-state index contributed by atoms with van der Waals surface area (Å²) in [6, 6.07) is 15.7. The molecule has 0 aromatic heterocycles. The number of carboxylic acids is 1. The number of amides is 2. The monoisotopic (exact) mass is 476 g/mol. The number of likely N-dealkylation sites (tertiary alicyclic amines) is 1. The second-order valence-corrected chi connectivity index (χ2v) is 10.00. The Morgan fingerprint density at radius 1 is 0.943 bits per heavy atom. The standard InChI is InChI=1S/C28H32N2O5/c31-26(30-13-7-1-2-12-25(30)27(32)33)16-18-14-19(15-18)29-28(34)35-17-24-22-10-5-3-8-20(22)21-9-4-6-11-23(21)24/h3-6,8-11,18-19,24-25H,1-2,7,12-17H2,(H,29,34)(H,32,33). The van der Waals surface area contributed by atoms with Gasteiger partial charge in [-0.1, -0.05) is 61.4 Å². The van der Waals surface area contributed by atoms with Gasteiger partial charge in [0.25, 0.3) is 0 Å². The maximum Gasteiger partial charge on any atom is 0.407 e. The zero-order chi connectivity index (χ0) is 24.4. The van der Waals surface area contributed by atoms with Crippen molar-refractivity contribution >= 4 is 18.0 Å². The molecule has 0 spiro atoms. The number of rotatable bonds is 6. The molecule has 1 unspecified atom stereocenters. The van der Waals surface area contributed by atoms with Crippen LogP contribution >= 0.6 is 0 Å². The molecule has 3 aliphatic rings. The maximum absolute atomic E-state index is 12.8. The van der Waals surface area contributed by atoms with E-state index in [4.69, 9.17) is 4.74 Å². The van der Waals surface area contributed by atoms with E-state index < -0.39 is 18.1 Å². The van der Waals surface area contributed by atoms with Crippen molar-refractivity contribution in [1.29, 1.82) is 0 Å². The minimum absolute atomic E-state index is 0.0112. The minimum atomic E-state index is -0.913. The Labute approximate surface area is 205 Å². The zero-order valence-corrected chi connectivity index (χ0v) is 19.8. The molecule has 2 N–H and O–H groups in total. The topological polar surface area (TPSA) is 95.9 Å². The number of hydrogen-bond donors (Lipinski definition) is 2. The molecule has 7 heteroatoms. The molecular formula is C28H32N2O5. The molecule has 7 nitrogen and oxygen atoms in total. The highest BCUT2D eigenvalue weighted by Gasteiger charge is 2.37. The van der Waals surface area contributed by atoms with E-state index in [0.29, 0.717) is 32.2 Å². The Kier molecular flexibility index (Phi) is 6.75. The van der Waals surface area contributed by atoms with Crippen molar-refractivity contribution < 1.29 is 24.2 Å². The van der Waals surface area contributed by atoms with E-state index in [0.717, 1.165) is 19.3 Å².